The van der Waals surface area contributed by atoms with Gasteiger partial charge in [-0.25, -0.2) is 4.98 Å². The van der Waals surface area contributed by atoms with Crippen LogP contribution in [-0.2, 0) is 16.8 Å². The minimum absolute atomic E-state index is 0.0354. The number of thiazole rings is 1. The molecule has 1 aromatic heterocycles. The summed E-state index contributed by atoms with van der Waals surface area (Å²) in [5, 5.41) is 5.94. The lowest BCUT2D eigenvalue weighted by Gasteiger charge is -2.27. The van der Waals surface area contributed by atoms with Crippen molar-refractivity contribution in [1.82, 2.24) is 10.3 Å². The fourth-order valence-electron chi connectivity index (χ4n) is 2.98. The molecule has 1 N–H and O–H groups in total. The summed E-state index contributed by atoms with van der Waals surface area (Å²) in [4.78, 5) is 30.4. The predicted octanol–water partition coefficient (Wildman–Crippen LogP) is 3.11. The van der Waals surface area contributed by atoms with Crippen LogP contribution in [0.3, 0.4) is 0 Å². The Bertz CT molecular complexity index is 773. The van der Waals surface area contributed by atoms with E-state index in [9.17, 15) is 9.59 Å². The molecular weight excluding hydrogens is 322 g/mol. The van der Waals surface area contributed by atoms with Crippen LogP contribution < -0.4 is 10.2 Å². The Hall–Kier alpha value is -2.21. The summed E-state index contributed by atoms with van der Waals surface area (Å²) in [6, 6.07) is 5.55. The fourth-order valence-corrected chi connectivity index (χ4v) is 3.81. The third kappa shape index (κ3) is 2.94. The normalized spacial score (nSPS) is 15.7. The van der Waals surface area contributed by atoms with Crippen molar-refractivity contribution in [3.05, 3.63) is 45.9 Å². The van der Waals surface area contributed by atoms with Crippen molar-refractivity contribution in [3.8, 4) is 0 Å². The van der Waals surface area contributed by atoms with Gasteiger partial charge in [0.2, 0.25) is 5.91 Å². The summed E-state index contributed by atoms with van der Waals surface area (Å²) in [5.74, 6) is -0.0769. The molecule has 1 aliphatic heterocycles. The number of aromatic nitrogens is 1. The van der Waals surface area contributed by atoms with Crippen LogP contribution in [0.2, 0.25) is 0 Å². The molecule has 0 unspecified atom stereocenters. The molecule has 0 bridgehead atoms. The van der Waals surface area contributed by atoms with Gasteiger partial charge in [-0.3, -0.25) is 9.59 Å². The third-order valence-electron chi connectivity index (χ3n) is 4.62. The number of nitrogens with zero attached hydrogens (tertiary/aromatic N) is 2. The van der Waals surface area contributed by atoms with Gasteiger partial charge in [0.05, 0.1) is 5.54 Å². The largest absolute Gasteiger partial charge is 0.340 e. The molecule has 0 spiro atoms. The fraction of sp³-hybridized carbons (Fsp3) is 0.389. The Morgan fingerprint density at radius 1 is 1.42 bits per heavy atom. The van der Waals surface area contributed by atoms with Crippen LogP contribution in [-0.4, -0.2) is 23.3 Å². The van der Waals surface area contributed by atoms with Crippen molar-refractivity contribution in [2.75, 3.05) is 11.4 Å². The van der Waals surface area contributed by atoms with E-state index in [1.54, 1.807) is 35.4 Å². The zero-order valence-corrected chi connectivity index (χ0v) is 14.9. The van der Waals surface area contributed by atoms with Gasteiger partial charge in [0, 0.05) is 36.3 Å². The molecule has 5 nitrogen and oxygen atoms in total. The summed E-state index contributed by atoms with van der Waals surface area (Å²) in [6.07, 6.45) is 3.30. The summed E-state index contributed by atoms with van der Waals surface area (Å²) >= 11 is 1.55. The second-order valence-corrected chi connectivity index (χ2v) is 7.14. The Morgan fingerprint density at radius 3 is 2.83 bits per heavy atom. The van der Waals surface area contributed by atoms with Crippen molar-refractivity contribution in [3.63, 3.8) is 0 Å². The van der Waals surface area contributed by atoms with Gasteiger partial charge in [0.1, 0.15) is 5.01 Å². The van der Waals surface area contributed by atoms with E-state index >= 15 is 0 Å². The number of fused-ring (bicyclic) bond motifs is 1. The Balaban J connectivity index is 1.83. The van der Waals surface area contributed by atoms with Crippen LogP contribution in [0.1, 0.15) is 48.1 Å². The average Bonchev–Trinajstić information content (AvgIpc) is 3.23. The topological polar surface area (TPSA) is 62.3 Å². The molecule has 2 heterocycles. The van der Waals surface area contributed by atoms with E-state index in [1.165, 1.54) is 0 Å². The van der Waals surface area contributed by atoms with Gasteiger partial charge in [0.15, 0.2) is 0 Å². The number of hydrogen-bond acceptors (Lipinski definition) is 4. The van der Waals surface area contributed by atoms with Crippen LogP contribution in [0.25, 0.3) is 0 Å². The Labute approximate surface area is 145 Å². The van der Waals surface area contributed by atoms with E-state index < -0.39 is 5.54 Å². The van der Waals surface area contributed by atoms with Gasteiger partial charge >= 0.3 is 0 Å². The number of benzene rings is 1. The molecule has 126 valence electrons. The smallest absolute Gasteiger partial charge is 0.252 e. The second kappa shape index (κ2) is 6.36. The first-order chi connectivity index (χ1) is 11.4. The van der Waals surface area contributed by atoms with Crippen molar-refractivity contribution in [2.45, 2.75) is 39.2 Å². The van der Waals surface area contributed by atoms with E-state index in [1.807, 2.05) is 31.4 Å². The van der Waals surface area contributed by atoms with Crippen LogP contribution in [0, 0.1) is 0 Å². The number of carbonyl (C=O) groups excluding carboxylic acids is 2. The molecule has 0 radical (unpaired) electrons. The van der Waals surface area contributed by atoms with Crippen molar-refractivity contribution < 1.29 is 9.59 Å². The van der Waals surface area contributed by atoms with E-state index in [-0.39, 0.29) is 11.8 Å². The molecule has 6 heteroatoms. The van der Waals surface area contributed by atoms with E-state index in [2.05, 4.69) is 10.3 Å². The number of hydrogen-bond donors (Lipinski definition) is 1. The molecule has 0 aliphatic carbocycles. The third-order valence-corrected chi connectivity index (χ3v) is 5.66. The first-order valence-electron chi connectivity index (χ1n) is 8.08. The standard InChI is InChI=1S/C18H21N3O2S/c1-4-18(3,17-19-8-10-24-17)20-16(23)14-5-6-15-13(11-14)7-9-21(15)12(2)22/h5-6,8,10-11H,4,7,9H2,1-3H3,(H,20,23)/t18-/m0/s1. The highest BCUT2D eigenvalue weighted by atomic mass is 32.1. The maximum Gasteiger partial charge on any atom is 0.252 e. The monoisotopic (exact) mass is 343 g/mol. The molecule has 3 rings (SSSR count). The second-order valence-electron chi connectivity index (χ2n) is 6.24. The number of anilines is 1. The van der Waals surface area contributed by atoms with Crippen molar-refractivity contribution >= 4 is 28.8 Å². The minimum Gasteiger partial charge on any atom is -0.340 e. The first-order valence-corrected chi connectivity index (χ1v) is 8.96. The Morgan fingerprint density at radius 2 is 2.21 bits per heavy atom. The van der Waals surface area contributed by atoms with Crippen LogP contribution in [0.15, 0.2) is 29.8 Å². The number of carbonyl (C=O) groups is 2. The molecule has 1 aromatic carbocycles. The lowest BCUT2D eigenvalue weighted by atomic mass is 9.98. The van der Waals surface area contributed by atoms with Crippen LogP contribution in [0.4, 0.5) is 5.69 Å². The van der Waals surface area contributed by atoms with Gasteiger partial charge in [-0.2, -0.15) is 0 Å². The summed E-state index contributed by atoms with van der Waals surface area (Å²) in [7, 11) is 0. The molecule has 0 saturated carbocycles. The van der Waals surface area contributed by atoms with Crippen LogP contribution >= 0.6 is 11.3 Å². The predicted molar refractivity (Wildman–Crippen MR) is 95.4 cm³/mol. The van der Waals surface area contributed by atoms with Gasteiger partial charge in [-0.15, -0.1) is 11.3 Å². The molecular formula is C18H21N3O2S. The SMILES string of the molecule is CC[C@](C)(NC(=O)c1ccc2c(c1)CCN2C(C)=O)c1nccs1. The summed E-state index contributed by atoms with van der Waals surface area (Å²) < 4.78 is 0. The van der Waals surface area contributed by atoms with Gasteiger partial charge < -0.3 is 10.2 Å². The minimum atomic E-state index is -0.477. The number of rotatable bonds is 4. The van der Waals surface area contributed by atoms with Gasteiger partial charge in [0.25, 0.3) is 5.91 Å². The van der Waals surface area contributed by atoms with E-state index in [4.69, 9.17) is 0 Å². The quantitative estimate of drug-likeness (QED) is 0.928. The zero-order chi connectivity index (χ0) is 17.3. The Kier molecular flexibility index (Phi) is 4.41. The molecule has 1 atom stereocenters. The molecule has 0 saturated heterocycles. The summed E-state index contributed by atoms with van der Waals surface area (Å²) in [6.45, 7) is 6.28. The van der Waals surface area contributed by atoms with Crippen molar-refractivity contribution in [1.29, 1.82) is 0 Å². The number of nitrogens with one attached hydrogen (secondary N) is 1. The molecule has 2 aromatic rings. The average molecular weight is 343 g/mol. The lowest BCUT2D eigenvalue weighted by Crippen LogP contribution is -2.43. The van der Waals surface area contributed by atoms with Gasteiger partial charge in [-0.05, 0) is 43.5 Å². The highest BCUT2D eigenvalue weighted by Crippen LogP contribution is 2.30. The van der Waals surface area contributed by atoms with Crippen molar-refractivity contribution in [2.24, 2.45) is 0 Å². The lowest BCUT2D eigenvalue weighted by molar-refractivity contribution is -0.116. The van der Waals surface area contributed by atoms with Gasteiger partial charge in [-0.1, -0.05) is 6.92 Å². The highest BCUT2D eigenvalue weighted by molar-refractivity contribution is 7.09. The zero-order valence-electron chi connectivity index (χ0n) is 14.1. The van der Waals surface area contributed by atoms with Crippen LogP contribution in [0.5, 0.6) is 0 Å². The van der Waals surface area contributed by atoms with E-state index in [0.717, 1.165) is 29.1 Å². The highest BCUT2D eigenvalue weighted by Gasteiger charge is 2.30. The summed E-state index contributed by atoms with van der Waals surface area (Å²) in [5.41, 5.74) is 2.10. The maximum absolute atomic E-state index is 12.7. The molecule has 2 amide bonds. The molecule has 24 heavy (non-hydrogen) atoms. The maximum atomic E-state index is 12.7. The molecule has 0 fully saturated rings. The number of amides is 2. The first kappa shape index (κ1) is 16.6. The van der Waals surface area contributed by atoms with E-state index in [0.29, 0.717) is 12.1 Å². The molecule has 1 aliphatic rings.